The number of rotatable bonds is 3. The van der Waals surface area contributed by atoms with Crippen molar-refractivity contribution in [1.29, 1.82) is 0 Å². The first-order chi connectivity index (χ1) is 9.79. The zero-order valence-corrected chi connectivity index (χ0v) is 12.3. The zero-order chi connectivity index (χ0) is 13.9. The number of ether oxygens (including phenoxy) is 1. The molecule has 0 saturated carbocycles. The first-order valence-corrected chi connectivity index (χ1v) is 7.45. The lowest BCUT2D eigenvalue weighted by atomic mass is 10.1. The van der Waals surface area contributed by atoms with Crippen molar-refractivity contribution in [2.24, 2.45) is 0 Å². The zero-order valence-electron chi connectivity index (χ0n) is 11.6. The van der Waals surface area contributed by atoms with Crippen molar-refractivity contribution in [1.82, 2.24) is 10.2 Å². The van der Waals surface area contributed by atoms with Gasteiger partial charge in [-0.05, 0) is 19.8 Å². The van der Waals surface area contributed by atoms with E-state index in [0.29, 0.717) is 11.3 Å². The largest absolute Gasteiger partial charge is 0.378 e. The first-order valence-electron chi connectivity index (χ1n) is 7.07. The van der Waals surface area contributed by atoms with E-state index in [1.54, 1.807) is 0 Å². The molecule has 0 aliphatic carbocycles. The summed E-state index contributed by atoms with van der Waals surface area (Å²) in [5.74, 6) is 0.931. The summed E-state index contributed by atoms with van der Waals surface area (Å²) in [5.41, 5.74) is 0. The van der Waals surface area contributed by atoms with E-state index < -0.39 is 0 Å². The van der Waals surface area contributed by atoms with Crippen molar-refractivity contribution >= 4 is 28.2 Å². The van der Waals surface area contributed by atoms with Gasteiger partial charge in [0.2, 0.25) is 0 Å². The van der Waals surface area contributed by atoms with Crippen LogP contribution in [0.5, 0.6) is 0 Å². The third-order valence-electron chi connectivity index (χ3n) is 3.77. The average Bonchev–Trinajstić information content (AvgIpc) is 2.49. The van der Waals surface area contributed by atoms with E-state index in [-0.39, 0.29) is 0 Å². The van der Waals surface area contributed by atoms with Crippen LogP contribution in [-0.4, -0.2) is 36.0 Å². The van der Waals surface area contributed by atoms with Crippen LogP contribution in [0.2, 0.25) is 5.15 Å². The van der Waals surface area contributed by atoms with Gasteiger partial charge in [-0.2, -0.15) is 0 Å². The number of fused-ring (bicyclic) bond motifs is 1. The maximum absolute atomic E-state index is 6.12. The third-order valence-corrected chi connectivity index (χ3v) is 4.05. The molecule has 0 N–H and O–H groups in total. The summed E-state index contributed by atoms with van der Waals surface area (Å²) in [6.07, 6.45) is 2.45. The van der Waals surface area contributed by atoms with Crippen LogP contribution in [0.1, 0.15) is 19.8 Å². The van der Waals surface area contributed by atoms with Crippen molar-refractivity contribution in [3.05, 3.63) is 29.4 Å². The maximum atomic E-state index is 6.12. The van der Waals surface area contributed by atoms with Crippen LogP contribution in [0.4, 0.5) is 5.82 Å². The first kappa shape index (κ1) is 13.6. The summed E-state index contributed by atoms with van der Waals surface area (Å²) < 4.78 is 5.69. The molecule has 5 heteroatoms. The molecule has 0 spiro atoms. The van der Waals surface area contributed by atoms with E-state index in [2.05, 4.69) is 21.2 Å². The van der Waals surface area contributed by atoms with Crippen LogP contribution in [-0.2, 0) is 4.74 Å². The number of benzene rings is 1. The second kappa shape index (κ2) is 5.94. The summed E-state index contributed by atoms with van der Waals surface area (Å²) in [7, 11) is 0. The lowest BCUT2D eigenvalue weighted by Gasteiger charge is -2.32. The molecule has 0 atom stereocenters. The van der Waals surface area contributed by atoms with Gasteiger partial charge in [-0.3, -0.25) is 0 Å². The fraction of sp³-hybridized carbons (Fsp3) is 0.467. The summed E-state index contributed by atoms with van der Waals surface area (Å²) in [5, 5.41) is 10.9. The van der Waals surface area contributed by atoms with Crippen LogP contribution in [0.3, 0.4) is 0 Å². The predicted octanol–water partition coefficient (Wildman–Crippen LogP) is 3.29. The Morgan fingerprint density at radius 3 is 2.60 bits per heavy atom. The minimum absolute atomic E-state index is 0.378. The summed E-state index contributed by atoms with van der Waals surface area (Å²) in [4.78, 5) is 2.28. The molecule has 106 valence electrons. The lowest BCUT2D eigenvalue weighted by molar-refractivity contribution is 0.0458. The van der Waals surface area contributed by atoms with Gasteiger partial charge in [-0.15, -0.1) is 10.2 Å². The van der Waals surface area contributed by atoms with E-state index in [1.165, 1.54) is 0 Å². The maximum Gasteiger partial charge on any atom is 0.159 e. The Balaban J connectivity index is 1.87. The SMILES string of the molecule is CCOC1CCN(c2nnc(Cl)c3ccccc23)CC1. The van der Waals surface area contributed by atoms with Crippen LogP contribution in [0, 0.1) is 0 Å². The molecule has 1 saturated heterocycles. The summed E-state index contributed by atoms with van der Waals surface area (Å²) >= 11 is 6.12. The smallest absolute Gasteiger partial charge is 0.159 e. The molecule has 0 bridgehead atoms. The Labute approximate surface area is 123 Å². The molecule has 0 unspecified atom stereocenters. The monoisotopic (exact) mass is 291 g/mol. The summed E-state index contributed by atoms with van der Waals surface area (Å²) in [6, 6.07) is 8.03. The quantitative estimate of drug-likeness (QED) is 0.870. The number of hydrogen-bond acceptors (Lipinski definition) is 4. The number of piperidine rings is 1. The highest BCUT2D eigenvalue weighted by Gasteiger charge is 2.22. The molecular weight excluding hydrogens is 274 g/mol. The topological polar surface area (TPSA) is 38.2 Å². The fourth-order valence-electron chi connectivity index (χ4n) is 2.76. The van der Waals surface area contributed by atoms with Crippen LogP contribution < -0.4 is 4.90 Å². The second-order valence-electron chi connectivity index (χ2n) is 5.00. The molecule has 0 radical (unpaired) electrons. The highest BCUT2D eigenvalue weighted by Crippen LogP contribution is 2.29. The van der Waals surface area contributed by atoms with Gasteiger partial charge < -0.3 is 9.64 Å². The number of hydrogen-bond donors (Lipinski definition) is 0. The Bertz CT molecular complexity index is 597. The van der Waals surface area contributed by atoms with Crippen LogP contribution in [0.15, 0.2) is 24.3 Å². The highest BCUT2D eigenvalue weighted by atomic mass is 35.5. The fourth-order valence-corrected chi connectivity index (χ4v) is 2.96. The molecule has 20 heavy (non-hydrogen) atoms. The number of anilines is 1. The molecule has 2 heterocycles. The van der Waals surface area contributed by atoms with E-state index in [9.17, 15) is 0 Å². The molecule has 1 aromatic heterocycles. The Hall–Kier alpha value is -1.39. The van der Waals surface area contributed by atoms with Crippen molar-refractivity contribution in [2.45, 2.75) is 25.9 Å². The molecule has 2 aromatic rings. The predicted molar refractivity (Wildman–Crippen MR) is 81.4 cm³/mol. The Morgan fingerprint density at radius 1 is 1.20 bits per heavy atom. The molecule has 3 rings (SSSR count). The van der Waals surface area contributed by atoms with Crippen molar-refractivity contribution in [3.63, 3.8) is 0 Å². The van der Waals surface area contributed by atoms with Gasteiger partial charge in [0.1, 0.15) is 0 Å². The standard InChI is InChI=1S/C15H18ClN3O/c1-2-20-11-7-9-19(10-8-11)15-13-6-4-3-5-12(13)14(16)17-18-15/h3-6,11H,2,7-10H2,1H3. The van der Waals surface area contributed by atoms with Gasteiger partial charge in [0.15, 0.2) is 11.0 Å². The normalized spacial score (nSPS) is 16.8. The van der Waals surface area contributed by atoms with Gasteiger partial charge in [-0.1, -0.05) is 35.9 Å². The number of halogens is 1. The van der Waals surface area contributed by atoms with Crippen molar-refractivity contribution in [3.8, 4) is 0 Å². The lowest BCUT2D eigenvalue weighted by Crippen LogP contribution is -2.37. The van der Waals surface area contributed by atoms with E-state index in [1.807, 2.05) is 25.1 Å². The van der Waals surface area contributed by atoms with Crippen molar-refractivity contribution < 1.29 is 4.74 Å². The average molecular weight is 292 g/mol. The molecule has 1 aliphatic rings. The highest BCUT2D eigenvalue weighted by molar-refractivity contribution is 6.34. The molecule has 4 nitrogen and oxygen atoms in total. The van der Waals surface area contributed by atoms with E-state index >= 15 is 0 Å². The van der Waals surface area contributed by atoms with Gasteiger partial charge in [0.25, 0.3) is 0 Å². The molecule has 1 aromatic carbocycles. The van der Waals surface area contributed by atoms with E-state index in [4.69, 9.17) is 16.3 Å². The van der Waals surface area contributed by atoms with Gasteiger partial charge in [0, 0.05) is 30.5 Å². The molecule has 1 aliphatic heterocycles. The third kappa shape index (κ3) is 2.58. The van der Waals surface area contributed by atoms with Crippen LogP contribution >= 0.6 is 11.6 Å². The Kier molecular flexibility index (Phi) is 4.03. The minimum Gasteiger partial charge on any atom is -0.378 e. The van der Waals surface area contributed by atoms with Gasteiger partial charge >= 0.3 is 0 Å². The Morgan fingerprint density at radius 2 is 1.90 bits per heavy atom. The van der Waals surface area contributed by atoms with E-state index in [0.717, 1.165) is 49.1 Å². The van der Waals surface area contributed by atoms with Gasteiger partial charge in [0.05, 0.1) is 6.10 Å². The second-order valence-corrected chi connectivity index (χ2v) is 5.36. The number of nitrogens with zero attached hydrogens (tertiary/aromatic N) is 3. The summed E-state index contributed by atoms with van der Waals surface area (Å²) in [6.45, 7) is 4.73. The molecule has 0 amide bonds. The molecule has 1 fully saturated rings. The number of aromatic nitrogens is 2. The van der Waals surface area contributed by atoms with Gasteiger partial charge in [-0.25, -0.2) is 0 Å². The van der Waals surface area contributed by atoms with Crippen LogP contribution in [0.25, 0.3) is 10.8 Å². The van der Waals surface area contributed by atoms with Crippen molar-refractivity contribution in [2.75, 3.05) is 24.6 Å². The molecular formula is C15H18ClN3O. The minimum atomic E-state index is 0.378.